The van der Waals surface area contributed by atoms with Crippen LogP contribution in [0.4, 0.5) is 0 Å². The third-order valence-electron chi connectivity index (χ3n) is 4.13. The Balaban J connectivity index is 1.77. The summed E-state index contributed by atoms with van der Waals surface area (Å²) in [7, 11) is -3.76. The Bertz CT molecular complexity index is 1060. The van der Waals surface area contributed by atoms with Crippen LogP contribution in [0.3, 0.4) is 0 Å². The van der Waals surface area contributed by atoms with E-state index in [1.807, 2.05) is 31.2 Å². The number of ketones is 1. The molecule has 0 amide bonds. The van der Waals surface area contributed by atoms with E-state index in [1.54, 1.807) is 6.92 Å². The number of sulfonamides is 1. The molecule has 27 heavy (non-hydrogen) atoms. The third kappa shape index (κ3) is 4.29. The number of aryl methyl sites for hydroxylation is 1. The molecule has 0 aliphatic carbocycles. The average molecular weight is 384 g/mol. The van der Waals surface area contributed by atoms with Gasteiger partial charge in [0.15, 0.2) is 11.6 Å². The van der Waals surface area contributed by atoms with Crippen LogP contribution < -0.4 is 4.72 Å². The van der Waals surface area contributed by atoms with Crippen LogP contribution in [0.1, 0.15) is 41.6 Å². The van der Waals surface area contributed by atoms with Gasteiger partial charge in [-0.05, 0) is 32.9 Å². The van der Waals surface area contributed by atoms with Crippen molar-refractivity contribution in [2.24, 2.45) is 0 Å². The number of aromatic amines is 1. The van der Waals surface area contributed by atoms with Crippen LogP contribution in [0.2, 0.25) is 0 Å². The van der Waals surface area contributed by atoms with E-state index in [4.69, 9.17) is 0 Å². The molecule has 0 saturated heterocycles. The number of carbonyl (C=O) groups is 1. The van der Waals surface area contributed by atoms with Crippen molar-refractivity contribution in [2.45, 2.75) is 31.7 Å². The molecule has 0 saturated carbocycles. The quantitative estimate of drug-likeness (QED) is 0.636. The summed E-state index contributed by atoms with van der Waals surface area (Å²) >= 11 is 0. The zero-order valence-corrected chi connectivity index (χ0v) is 16.0. The maximum Gasteiger partial charge on any atom is 0.241 e. The second-order valence-electron chi connectivity index (χ2n) is 6.33. The van der Waals surface area contributed by atoms with Crippen molar-refractivity contribution >= 4 is 15.8 Å². The Morgan fingerprint density at radius 2 is 1.70 bits per heavy atom. The molecule has 0 fully saturated rings. The second kappa shape index (κ2) is 7.42. The summed E-state index contributed by atoms with van der Waals surface area (Å²) in [5, 5.41) is 6.95. The van der Waals surface area contributed by atoms with E-state index in [0.717, 1.165) is 11.1 Å². The zero-order valence-electron chi connectivity index (χ0n) is 15.2. The van der Waals surface area contributed by atoms with Crippen LogP contribution in [0.25, 0.3) is 11.4 Å². The first-order valence-corrected chi connectivity index (χ1v) is 9.87. The largest absolute Gasteiger partial charge is 0.295 e. The molecule has 3 aromatic rings. The number of benzene rings is 2. The monoisotopic (exact) mass is 384 g/mol. The Morgan fingerprint density at radius 1 is 1.07 bits per heavy atom. The van der Waals surface area contributed by atoms with Crippen LogP contribution in [0, 0.1) is 6.92 Å². The van der Waals surface area contributed by atoms with Crippen molar-refractivity contribution in [3.8, 4) is 11.4 Å². The molecule has 8 heteroatoms. The highest BCUT2D eigenvalue weighted by molar-refractivity contribution is 7.89. The van der Waals surface area contributed by atoms with Gasteiger partial charge in [-0.2, -0.15) is 5.10 Å². The molecule has 140 valence electrons. The molecular formula is C19H20N4O3S. The maximum atomic E-state index is 12.6. The van der Waals surface area contributed by atoms with E-state index >= 15 is 0 Å². The van der Waals surface area contributed by atoms with Gasteiger partial charge in [0.1, 0.15) is 5.82 Å². The topological polar surface area (TPSA) is 105 Å². The van der Waals surface area contributed by atoms with Gasteiger partial charge in [-0.25, -0.2) is 18.1 Å². The molecule has 0 aliphatic heterocycles. The van der Waals surface area contributed by atoms with Crippen LogP contribution >= 0.6 is 0 Å². The third-order valence-corrected chi connectivity index (χ3v) is 5.68. The van der Waals surface area contributed by atoms with Gasteiger partial charge >= 0.3 is 0 Å². The first-order chi connectivity index (χ1) is 12.8. The summed E-state index contributed by atoms with van der Waals surface area (Å²) in [5.41, 5.74) is 2.43. The normalized spacial score (nSPS) is 12.7. The van der Waals surface area contributed by atoms with Gasteiger partial charge in [0, 0.05) is 11.1 Å². The van der Waals surface area contributed by atoms with Gasteiger partial charge in [-0.1, -0.05) is 42.0 Å². The summed E-state index contributed by atoms with van der Waals surface area (Å²) in [6.45, 7) is 5.10. The number of H-pyrrole nitrogens is 1. The van der Waals surface area contributed by atoms with Gasteiger partial charge in [0.05, 0.1) is 10.9 Å². The number of hydrogen-bond acceptors (Lipinski definition) is 5. The number of Topliss-reactive ketones (excluding diaryl/α,β-unsaturated/α-hetero) is 1. The highest BCUT2D eigenvalue weighted by atomic mass is 32.2. The zero-order chi connectivity index (χ0) is 19.6. The lowest BCUT2D eigenvalue weighted by Crippen LogP contribution is -2.27. The van der Waals surface area contributed by atoms with E-state index in [0.29, 0.717) is 17.2 Å². The smallest absolute Gasteiger partial charge is 0.241 e. The lowest BCUT2D eigenvalue weighted by Gasteiger charge is -2.12. The van der Waals surface area contributed by atoms with Crippen molar-refractivity contribution in [2.75, 3.05) is 0 Å². The van der Waals surface area contributed by atoms with Gasteiger partial charge in [0.25, 0.3) is 0 Å². The highest BCUT2D eigenvalue weighted by Crippen LogP contribution is 2.19. The summed E-state index contributed by atoms with van der Waals surface area (Å²) < 4.78 is 27.7. The molecular weight excluding hydrogens is 364 g/mol. The number of aromatic nitrogens is 3. The van der Waals surface area contributed by atoms with E-state index in [-0.39, 0.29) is 10.7 Å². The number of nitrogens with one attached hydrogen (secondary N) is 2. The molecule has 0 radical (unpaired) electrons. The SMILES string of the molecule is CC(=O)c1ccc(S(=O)(=O)N[C@H](C)c2nc(-c3ccc(C)cc3)n[nH]2)cc1. The lowest BCUT2D eigenvalue weighted by atomic mass is 10.1. The maximum absolute atomic E-state index is 12.6. The van der Waals surface area contributed by atoms with Gasteiger partial charge in [-0.15, -0.1) is 0 Å². The standard InChI is InChI=1S/C19H20N4O3S/c1-12-4-6-16(7-5-12)19-20-18(21-22-19)13(2)23-27(25,26)17-10-8-15(9-11-17)14(3)24/h4-11,13,23H,1-3H3,(H,20,21,22)/t13-/m1/s1. The average Bonchev–Trinajstić information content (AvgIpc) is 3.12. The van der Waals surface area contributed by atoms with E-state index in [2.05, 4.69) is 19.9 Å². The molecule has 1 atom stereocenters. The first-order valence-electron chi connectivity index (χ1n) is 8.39. The number of nitrogens with zero attached hydrogens (tertiary/aromatic N) is 2. The van der Waals surface area contributed by atoms with Crippen molar-refractivity contribution in [3.05, 3.63) is 65.5 Å². The fourth-order valence-corrected chi connectivity index (χ4v) is 3.73. The van der Waals surface area contributed by atoms with Crippen molar-refractivity contribution in [1.82, 2.24) is 19.9 Å². The minimum absolute atomic E-state index is 0.0811. The Kier molecular flexibility index (Phi) is 5.20. The summed E-state index contributed by atoms with van der Waals surface area (Å²) in [6, 6.07) is 12.9. The minimum atomic E-state index is -3.76. The summed E-state index contributed by atoms with van der Waals surface area (Å²) in [6.07, 6.45) is 0. The lowest BCUT2D eigenvalue weighted by molar-refractivity contribution is 0.101. The molecule has 0 bridgehead atoms. The van der Waals surface area contributed by atoms with Gasteiger partial charge in [0.2, 0.25) is 10.0 Å². The van der Waals surface area contributed by atoms with Crippen LogP contribution in [-0.4, -0.2) is 29.4 Å². The fourth-order valence-electron chi connectivity index (χ4n) is 2.53. The van der Waals surface area contributed by atoms with Crippen molar-refractivity contribution in [3.63, 3.8) is 0 Å². The number of hydrogen-bond donors (Lipinski definition) is 2. The molecule has 0 aliphatic rings. The molecule has 1 aromatic heterocycles. The Hall–Kier alpha value is -2.84. The molecule has 7 nitrogen and oxygen atoms in total. The number of rotatable bonds is 6. The molecule has 3 rings (SSSR count). The van der Waals surface area contributed by atoms with Crippen LogP contribution in [-0.2, 0) is 10.0 Å². The van der Waals surface area contributed by atoms with Crippen LogP contribution in [0.5, 0.6) is 0 Å². The predicted octanol–water partition coefficient (Wildman–Crippen LogP) is 3.02. The molecule has 0 unspecified atom stereocenters. The Labute approximate surface area is 157 Å². The summed E-state index contributed by atoms with van der Waals surface area (Å²) in [4.78, 5) is 15.8. The fraction of sp³-hybridized carbons (Fsp3) is 0.211. The Morgan fingerprint density at radius 3 is 2.30 bits per heavy atom. The second-order valence-corrected chi connectivity index (χ2v) is 8.05. The molecule has 1 heterocycles. The van der Waals surface area contributed by atoms with E-state index in [1.165, 1.54) is 31.2 Å². The van der Waals surface area contributed by atoms with E-state index < -0.39 is 16.1 Å². The van der Waals surface area contributed by atoms with Crippen molar-refractivity contribution in [1.29, 1.82) is 0 Å². The van der Waals surface area contributed by atoms with Gasteiger partial charge in [-0.3, -0.25) is 9.89 Å². The molecule has 2 aromatic carbocycles. The predicted molar refractivity (Wildman–Crippen MR) is 102 cm³/mol. The molecule has 0 spiro atoms. The molecule has 2 N–H and O–H groups in total. The minimum Gasteiger partial charge on any atom is -0.295 e. The number of carbonyl (C=O) groups excluding carboxylic acids is 1. The highest BCUT2D eigenvalue weighted by Gasteiger charge is 2.21. The van der Waals surface area contributed by atoms with Crippen LogP contribution in [0.15, 0.2) is 53.4 Å². The summed E-state index contributed by atoms with van der Waals surface area (Å²) in [5.74, 6) is 0.793. The van der Waals surface area contributed by atoms with Gasteiger partial charge < -0.3 is 0 Å². The van der Waals surface area contributed by atoms with E-state index in [9.17, 15) is 13.2 Å². The first kappa shape index (κ1) is 18.9. The van der Waals surface area contributed by atoms with Crippen molar-refractivity contribution < 1.29 is 13.2 Å².